The largest absolute Gasteiger partial charge is 0.491 e. The van der Waals surface area contributed by atoms with Gasteiger partial charge in [-0.1, -0.05) is 32.0 Å². The van der Waals surface area contributed by atoms with Crippen molar-refractivity contribution < 1.29 is 9.47 Å². The Morgan fingerprint density at radius 2 is 1.58 bits per heavy atom. The SMILES string of the molecule is CCc1ccc(OC(C)CNc2cccc(OC(C)CC)c2)cc1. The highest BCUT2D eigenvalue weighted by atomic mass is 16.5. The van der Waals surface area contributed by atoms with Gasteiger partial charge in [-0.05, 0) is 56.5 Å². The monoisotopic (exact) mass is 327 g/mol. The summed E-state index contributed by atoms with van der Waals surface area (Å²) in [4.78, 5) is 0. The first-order valence-electron chi connectivity index (χ1n) is 8.86. The Labute approximate surface area is 146 Å². The molecule has 0 aliphatic heterocycles. The third kappa shape index (κ3) is 5.80. The molecule has 130 valence electrons. The maximum atomic E-state index is 5.95. The van der Waals surface area contributed by atoms with Crippen molar-refractivity contribution in [2.45, 2.75) is 52.7 Å². The number of nitrogens with one attached hydrogen (secondary N) is 1. The van der Waals surface area contributed by atoms with E-state index in [4.69, 9.17) is 9.47 Å². The Balaban J connectivity index is 1.84. The van der Waals surface area contributed by atoms with Crippen LogP contribution in [0.25, 0.3) is 0 Å². The van der Waals surface area contributed by atoms with Gasteiger partial charge in [0.25, 0.3) is 0 Å². The van der Waals surface area contributed by atoms with Crippen LogP contribution in [-0.2, 0) is 6.42 Å². The average molecular weight is 327 g/mol. The predicted octanol–water partition coefficient (Wildman–Crippen LogP) is 5.31. The van der Waals surface area contributed by atoms with Gasteiger partial charge in [-0.3, -0.25) is 0 Å². The van der Waals surface area contributed by atoms with Gasteiger partial charge in [-0.25, -0.2) is 0 Å². The fourth-order valence-electron chi connectivity index (χ4n) is 2.33. The highest BCUT2D eigenvalue weighted by Gasteiger charge is 2.06. The van der Waals surface area contributed by atoms with Crippen LogP contribution in [0.2, 0.25) is 0 Å². The van der Waals surface area contributed by atoms with Crippen molar-refractivity contribution in [1.82, 2.24) is 0 Å². The molecule has 0 heterocycles. The van der Waals surface area contributed by atoms with E-state index in [-0.39, 0.29) is 12.2 Å². The van der Waals surface area contributed by atoms with Crippen LogP contribution in [0.1, 0.15) is 39.7 Å². The van der Waals surface area contributed by atoms with Gasteiger partial charge in [-0.2, -0.15) is 0 Å². The molecule has 0 amide bonds. The van der Waals surface area contributed by atoms with Gasteiger partial charge in [0, 0.05) is 11.8 Å². The normalized spacial score (nSPS) is 13.2. The zero-order valence-electron chi connectivity index (χ0n) is 15.2. The minimum absolute atomic E-state index is 0.0802. The van der Waals surface area contributed by atoms with Crippen molar-refractivity contribution in [2.24, 2.45) is 0 Å². The van der Waals surface area contributed by atoms with Crippen molar-refractivity contribution in [1.29, 1.82) is 0 Å². The van der Waals surface area contributed by atoms with E-state index in [1.807, 2.05) is 36.4 Å². The summed E-state index contributed by atoms with van der Waals surface area (Å²) in [5, 5.41) is 3.41. The molecule has 0 radical (unpaired) electrons. The Morgan fingerprint density at radius 3 is 2.25 bits per heavy atom. The zero-order chi connectivity index (χ0) is 17.4. The lowest BCUT2D eigenvalue weighted by Gasteiger charge is -2.17. The Kier molecular flexibility index (Phi) is 6.98. The van der Waals surface area contributed by atoms with Crippen LogP contribution in [0.15, 0.2) is 48.5 Å². The maximum Gasteiger partial charge on any atom is 0.121 e. The van der Waals surface area contributed by atoms with Crippen LogP contribution in [0, 0.1) is 0 Å². The van der Waals surface area contributed by atoms with Gasteiger partial charge >= 0.3 is 0 Å². The quantitative estimate of drug-likeness (QED) is 0.677. The number of anilines is 1. The molecule has 2 aromatic rings. The molecular weight excluding hydrogens is 298 g/mol. The molecule has 0 aliphatic rings. The van der Waals surface area contributed by atoms with E-state index in [2.05, 4.69) is 45.1 Å². The molecule has 0 spiro atoms. The summed E-state index contributed by atoms with van der Waals surface area (Å²) in [6.07, 6.45) is 2.36. The number of hydrogen-bond donors (Lipinski definition) is 1. The summed E-state index contributed by atoms with van der Waals surface area (Å²) in [7, 11) is 0. The summed E-state index contributed by atoms with van der Waals surface area (Å²) in [5.74, 6) is 1.81. The molecular formula is C21H29NO2. The van der Waals surface area contributed by atoms with Gasteiger partial charge in [0.1, 0.15) is 17.6 Å². The summed E-state index contributed by atoms with van der Waals surface area (Å²) < 4.78 is 11.8. The van der Waals surface area contributed by atoms with Crippen molar-refractivity contribution in [3.8, 4) is 11.5 Å². The van der Waals surface area contributed by atoms with Gasteiger partial charge in [0.15, 0.2) is 0 Å². The molecule has 2 atom stereocenters. The molecule has 0 bridgehead atoms. The molecule has 2 unspecified atom stereocenters. The van der Waals surface area contributed by atoms with Gasteiger partial charge < -0.3 is 14.8 Å². The minimum atomic E-state index is 0.0802. The van der Waals surface area contributed by atoms with Crippen molar-refractivity contribution in [3.63, 3.8) is 0 Å². The van der Waals surface area contributed by atoms with Crippen LogP contribution >= 0.6 is 0 Å². The predicted molar refractivity (Wildman–Crippen MR) is 101 cm³/mol. The zero-order valence-corrected chi connectivity index (χ0v) is 15.2. The van der Waals surface area contributed by atoms with Crippen molar-refractivity contribution in [3.05, 3.63) is 54.1 Å². The topological polar surface area (TPSA) is 30.5 Å². The smallest absolute Gasteiger partial charge is 0.121 e. The standard InChI is InChI=1S/C21H29NO2/c1-5-16(3)23-21-9-7-8-19(14-21)22-15-17(4)24-20-12-10-18(6-2)11-13-20/h7-14,16-17,22H,5-6,15H2,1-4H3. The molecule has 0 fully saturated rings. The van der Waals surface area contributed by atoms with E-state index in [0.717, 1.165) is 36.6 Å². The van der Waals surface area contributed by atoms with Crippen molar-refractivity contribution in [2.75, 3.05) is 11.9 Å². The van der Waals surface area contributed by atoms with E-state index in [1.54, 1.807) is 0 Å². The third-order valence-corrected chi connectivity index (χ3v) is 4.01. The molecule has 3 heteroatoms. The van der Waals surface area contributed by atoms with E-state index < -0.39 is 0 Å². The number of aryl methyl sites for hydroxylation is 1. The molecule has 2 rings (SSSR count). The number of rotatable bonds is 9. The van der Waals surface area contributed by atoms with E-state index in [9.17, 15) is 0 Å². The average Bonchev–Trinajstić information content (AvgIpc) is 2.61. The minimum Gasteiger partial charge on any atom is -0.491 e. The molecule has 24 heavy (non-hydrogen) atoms. The highest BCUT2D eigenvalue weighted by Crippen LogP contribution is 2.20. The second-order valence-electron chi connectivity index (χ2n) is 6.17. The lowest BCUT2D eigenvalue weighted by atomic mass is 10.2. The maximum absolute atomic E-state index is 5.95. The first kappa shape index (κ1) is 18.2. The molecule has 0 saturated carbocycles. The summed E-state index contributed by atoms with van der Waals surface area (Å²) in [6.45, 7) is 9.17. The van der Waals surface area contributed by atoms with Crippen LogP contribution < -0.4 is 14.8 Å². The fourth-order valence-corrected chi connectivity index (χ4v) is 2.33. The van der Waals surface area contributed by atoms with Crippen molar-refractivity contribution >= 4 is 5.69 Å². The molecule has 0 aromatic heterocycles. The molecule has 3 nitrogen and oxygen atoms in total. The Hall–Kier alpha value is -2.16. The van der Waals surface area contributed by atoms with E-state index in [0.29, 0.717) is 0 Å². The van der Waals surface area contributed by atoms with Crippen LogP contribution in [0.4, 0.5) is 5.69 Å². The fraction of sp³-hybridized carbons (Fsp3) is 0.429. The Bertz CT molecular complexity index is 609. The number of hydrogen-bond acceptors (Lipinski definition) is 3. The summed E-state index contributed by atoms with van der Waals surface area (Å²) >= 11 is 0. The molecule has 0 saturated heterocycles. The van der Waals surface area contributed by atoms with Crippen LogP contribution in [0.5, 0.6) is 11.5 Å². The van der Waals surface area contributed by atoms with Crippen LogP contribution in [0.3, 0.4) is 0 Å². The summed E-state index contributed by atoms with van der Waals surface area (Å²) in [5.41, 5.74) is 2.37. The van der Waals surface area contributed by atoms with Gasteiger partial charge in [0.05, 0.1) is 12.6 Å². The van der Waals surface area contributed by atoms with E-state index in [1.165, 1.54) is 5.56 Å². The molecule has 1 N–H and O–H groups in total. The molecule has 0 aliphatic carbocycles. The lowest BCUT2D eigenvalue weighted by Crippen LogP contribution is -2.22. The number of benzene rings is 2. The first-order valence-corrected chi connectivity index (χ1v) is 8.86. The van der Waals surface area contributed by atoms with Gasteiger partial charge in [0.2, 0.25) is 0 Å². The second-order valence-corrected chi connectivity index (χ2v) is 6.17. The second kappa shape index (κ2) is 9.21. The van der Waals surface area contributed by atoms with Crippen LogP contribution in [-0.4, -0.2) is 18.8 Å². The summed E-state index contributed by atoms with van der Waals surface area (Å²) in [6, 6.07) is 16.4. The highest BCUT2D eigenvalue weighted by molar-refractivity contribution is 5.48. The lowest BCUT2D eigenvalue weighted by molar-refractivity contribution is 0.217. The third-order valence-electron chi connectivity index (χ3n) is 4.01. The first-order chi connectivity index (χ1) is 11.6. The van der Waals surface area contributed by atoms with E-state index >= 15 is 0 Å². The Morgan fingerprint density at radius 1 is 0.875 bits per heavy atom. The van der Waals surface area contributed by atoms with Gasteiger partial charge in [-0.15, -0.1) is 0 Å². The number of ether oxygens (including phenoxy) is 2. The molecule has 2 aromatic carbocycles.